The largest absolute Gasteiger partial charge is 0.206 e. The summed E-state index contributed by atoms with van der Waals surface area (Å²) in [5.41, 5.74) is 0. The first-order valence-electron chi connectivity index (χ1n) is 3.63. The van der Waals surface area contributed by atoms with Gasteiger partial charge in [-0.1, -0.05) is 0 Å². The summed E-state index contributed by atoms with van der Waals surface area (Å²) in [5.74, 6) is -0.913. The SMILES string of the molecule is CSc1c(F)cc2sccc2c1F. The molecule has 1 aromatic heterocycles. The molecule has 2 rings (SSSR count). The number of fused-ring (bicyclic) bond motifs is 1. The van der Waals surface area contributed by atoms with Gasteiger partial charge in [-0.3, -0.25) is 0 Å². The third-order valence-corrected chi connectivity index (χ3v) is 3.46. The van der Waals surface area contributed by atoms with Gasteiger partial charge in [0.05, 0.1) is 4.90 Å². The van der Waals surface area contributed by atoms with Crippen LogP contribution in [0.1, 0.15) is 0 Å². The van der Waals surface area contributed by atoms with Crippen LogP contribution in [0.4, 0.5) is 8.78 Å². The first-order chi connectivity index (χ1) is 6.24. The summed E-state index contributed by atoms with van der Waals surface area (Å²) in [6.07, 6.45) is 1.67. The minimum Gasteiger partial charge on any atom is -0.206 e. The van der Waals surface area contributed by atoms with Gasteiger partial charge in [0.2, 0.25) is 0 Å². The van der Waals surface area contributed by atoms with Crippen LogP contribution < -0.4 is 0 Å². The topological polar surface area (TPSA) is 0 Å². The molecule has 0 aliphatic heterocycles. The van der Waals surface area contributed by atoms with E-state index >= 15 is 0 Å². The minimum absolute atomic E-state index is 0.103. The Hall–Kier alpha value is -0.610. The lowest BCUT2D eigenvalue weighted by molar-refractivity contribution is 0.550. The van der Waals surface area contributed by atoms with E-state index in [2.05, 4.69) is 0 Å². The van der Waals surface area contributed by atoms with Crippen LogP contribution in [0.15, 0.2) is 22.4 Å². The maximum absolute atomic E-state index is 13.5. The van der Waals surface area contributed by atoms with Crippen molar-refractivity contribution in [3.63, 3.8) is 0 Å². The standard InChI is InChI=1S/C9H6F2S2/c1-12-9-6(10)4-7-5(8(9)11)2-3-13-7/h2-4H,1H3. The Bertz CT molecular complexity index is 448. The summed E-state index contributed by atoms with van der Waals surface area (Å²) in [6, 6.07) is 3.06. The molecule has 0 radical (unpaired) electrons. The van der Waals surface area contributed by atoms with E-state index in [1.807, 2.05) is 0 Å². The molecule has 0 aliphatic carbocycles. The number of halogens is 2. The molecule has 0 saturated heterocycles. The van der Waals surface area contributed by atoms with Crippen LogP contribution in [0.5, 0.6) is 0 Å². The number of benzene rings is 1. The van der Waals surface area contributed by atoms with Crippen LogP contribution in [-0.2, 0) is 0 Å². The Morgan fingerprint density at radius 2 is 2.15 bits per heavy atom. The van der Waals surface area contributed by atoms with Gasteiger partial charge in [0, 0.05) is 10.1 Å². The second-order valence-corrected chi connectivity index (χ2v) is 4.30. The lowest BCUT2D eigenvalue weighted by Crippen LogP contribution is -1.86. The highest BCUT2D eigenvalue weighted by Crippen LogP contribution is 2.32. The molecule has 0 atom stereocenters. The molecule has 2 aromatic rings. The summed E-state index contributed by atoms with van der Waals surface area (Å²) in [5, 5.41) is 2.27. The van der Waals surface area contributed by atoms with Crippen molar-refractivity contribution in [2.45, 2.75) is 4.90 Å². The molecule has 0 bridgehead atoms. The third kappa shape index (κ3) is 1.34. The maximum Gasteiger partial charge on any atom is 0.148 e. The van der Waals surface area contributed by atoms with Crippen LogP contribution >= 0.6 is 23.1 Å². The van der Waals surface area contributed by atoms with Crippen molar-refractivity contribution in [1.29, 1.82) is 0 Å². The molecule has 1 aromatic carbocycles. The Morgan fingerprint density at radius 3 is 2.85 bits per heavy atom. The molecular formula is C9H6F2S2. The van der Waals surface area contributed by atoms with E-state index < -0.39 is 11.6 Å². The molecule has 0 fully saturated rings. The van der Waals surface area contributed by atoms with Crippen molar-refractivity contribution in [1.82, 2.24) is 0 Å². The first kappa shape index (κ1) is 8.97. The number of hydrogen-bond donors (Lipinski definition) is 0. The summed E-state index contributed by atoms with van der Waals surface area (Å²) >= 11 is 2.44. The van der Waals surface area contributed by atoms with Crippen molar-refractivity contribution < 1.29 is 8.78 Å². The minimum atomic E-state index is -0.472. The van der Waals surface area contributed by atoms with Gasteiger partial charge in [0.15, 0.2) is 0 Å². The van der Waals surface area contributed by atoms with Crippen molar-refractivity contribution in [2.75, 3.05) is 6.26 Å². The molecule has 0 saturated carbocycles. The van der Waals surface area contributed by atoms with Gasteiger partial charge in [-0.15, -0.1) is 23.1 Å². The molecule has 0 spiro atoms. The Balaban J connectivity index is 2.85. The smallest absolute Gasteiger partial charge is 0.148 e. The number of thioether (sulfide) groups is 1. The summed E-state index contributed by atoms with van der Waals surface area (Å²) in [7, 11) is 0. The Kier molecular flexibility index (Phi) is 2.26. The first-order valence-corrected chi connectivity index (χ1v) is 5.73. The van der Waals surface area contributed by atoms with Crippen LogP contribution in [0, 0.1) is 11.6 Å². The molecule has 0 N–H and O–H groups in total. The van der Waals surface area contributed by atoms with Gasteiger partial charge in [-0.05, 0) is 23.8 Å². The van der Waals surface area contributed by atoms with Gasteiger partial charge in [0.1, 0.15) is 11.6 Å². The van der Waals surface area contributed by atoms with Crippen molar-refractivity contribution >= 4 is 33.2 Å². The number of thiophene rings is 1. The van der Waals surface area contributed by atoms with Crippen molar-refractivity contribution in [3.05, 3.63) is 29.1 Å². The third-order valence-electron chi connectivity index (χ3n) is 1.81. The molecular weight excluding hydrogens is 210 g/mol. The molecule has 0 aliphatic rings. The fourth-order valence-electron chi connectivity index (χ4n) is 1.21. The molecule has 0 unspecified atom stereocenters. The molecule has 4 heteroatoms. The van der Waals surface area contributed by atoms with Crippen LogP contribution in [0.2, 0.25) is 0 Å². The van der Waals surface area contributed by atoms with Crippen LogP contribution in [-0.4, -0.2) is 6.26 Å². The zero-order valence-corrected chi connectivity index (χ0v) is 8.44. The Labute approximate surface area is 82.6 Å². The van der Waals surface area contributed by atoms with Crippen LogP contribution in [0.3, 0.4) is 0 Å². The number of rotatable bonds is 1. The summed E-state index contributed by atoms with van der Waals surface area (Å²) in [6.45, 7) is 0. The Morgan fingerprint density at radius 1 is 1.38 bits per heavy atom. The fraction of sp³-hybridized carbons (Fsp3) is 0.111. The summed E-state index contributed by atoms with van der Waals surface area (Å²) < 4.78 is 27.4. The molecule has 13 heavy (non-hydrogen) atoms. The molecule has 68 valence electrons. The second-order valence-electron chi connectivity index (χ2n) is 2.54. The highest BCUT2D eigenvalue weighted by atomic mass is 32.2. The van der Waals surface area contributed by atoms with E-state index in [0.717, 1.165) is 11.8 Å². The normalized spacial score (nSPS) is 11.0. The maximum atomic E-state index is 13.5. The van der Waals surface area contributed by atoms with E-state index in [4.69, 9.17) is 0 Å². The zero-order valence-electron chi connectivity index (χ0n) is 6.80. The van der Waals surface area contributed by atoms with E-state index in [1.165, 1.54) is 17.4 Å². The highest BCUT2D eigenvalue weighted by molar-refractivity contribution is 7.98. The predicted octanol–water partition coefficient (Wildman–Crippen LogP) is 3.90. The lowest BCUT2D eigenvalue weighted by atomic mass is 10.2. The van der Waals surface area contributed by atoms with E-state index in [-0.39, 0.29) is 4.90 Å². The fourth-order valence-corrected chi connectivity index (χ4v) is 2.56. The quantitative estimate of drug-likeness (QED) is 0.651. The van der Waals surface area contributed by atoms with Crippen LogP contribution in [0.25, 0.3) is 10.1 Å². The van der Waals surface area contributed by atoms with E-state index in [0.29, 0.717) is 10.1 Å². The molecule has 1 heterocycles. The van der Waals surface area contributed by atoms with Gasteiger partial charge in [-0.2, -0.15) is 0 Å². The highest BCUT2D eigenvalue weighted by Gasteiger charge is 2.12. The van der Waals surface area contributed by atoms with Crippen molar-refractivity contribution in [3.8, 4) is 0 Å². The van der Waals surface area contributed by atoms with E-state index in [1.54, 1.807) is 17.7 Å². The average molecular weight is 216 g/mol. The van der Waals surface area contributed by atoms with Gasteiger partial charge < -0.3 is 0 Å². The van der Waals surface area contributed by atoms with Gasteiger partial charge in [-0.25, -0.2) is 8.78 Å². The van der Waals surface area contributed by atoms with Gasteiger partial charge in [0.25, 0.3) is 0 Å². The lowest BCUT2D eigenvalue weighted by Gasteiger charge is -2.01. The van der Waals surface area contributed by atoms with Gasteiger partial charge >= 0.3 is 0 Å². The predicted molar refractivity (Wildman–Crippen MR) is 53.5 cm³/mol. The molecule has 0 nitrogen and oxygen atoms in total. The summed E-state index contributed by atoms with van der Waals surface area (Å²) in [4.78, 5) is 0.103. The molecule has 0 amide bonds. The monoisotopic (exact) mass is 216 g/mol. The number of hydrogen-bond acceptors (Lipinski definition) is 2. The average Bonchev–Trinajstić information content (AvgIpc) is 2.53. The zero-order chi connectivity index (χ0) is 9.42. The van der Waals surface area contributed by atoms with Crippen molar-refractivity contribution in [2.24, 2.45) is 0 Å². The second kappa shape index (κ2) is 3.27. The van der Waals surface area contributed by atoms with E-state index in [9.17, 15) is 8.78 Å².